The Labute approximate surface area is 150 Å². The number of nitro groups is 1. The lowest BCUT2D eigenvalue weighted by molar-refractivity contribution is -0.384. The highest BCUT2D eigenvalue weighted by Crippen LogP contribution is 2.23. The summed E-state index contributed by atoms with van der Waals surface area (Å²) in [5, 5.41) is 15.0. The minimum atomic E-state index is -0.783. The van der Waals surface area contributed by atoms with Crippen molar-refractivity contribution >= 4 is 28.8 Å². The molecule has 1 aromatic heterocycles. The molecule has 0 atom stereocenters. The molecule has 0 aliphatic rings. The summed E-state index contributed by atoms with van der Waals surface area (Å²) in [6, 6.07) is 9.90. The van der Waals surface area contributed by atoms with Crippen LogP contribution in [0.5, 0.6) is 5.75 Å². The summed E-state index contributed by atoms with van der Waals surface area (Å²) in [4.78, 5) is 48.6. The number of rotatable bonds is 4. The summed E-state index contributed by atoms with van der Waals surface area (Å²) < 4.78 is 5.56. The van der Waals surface area contributed by atoms with Crippen LogP contribution in [0, 0.1) is 10.1 Å². The Kier molecular flexibility index (Phi) is 4.62. The van der Waals surface area contributed by atoms with Crippen molar-refractivity contribution in [1.82, 2.24) is 9.66 Å². The molecule has 3 aromatic rings. The fraction of sp³-hybridized carbons (Fsp3) is 0.0588. The largest absolute Gasteiger partial charge is 0.426 e. The standard InChI is InChI=1S/C17H12N4O6/c1-10(22)27-15-7-6-12(21(25)26)8-11(15)9-18-20-16(23)13-4-2-3-5-14(13)19-17(20)24/h2-9H,1H3,(H,19,24). The topological polar surface area (TPSA) is 137 Å². The quantitative estimate of drug-likeness (QED) is 0.243. The number of hydrogen-bond donors (Lipinski definition) is 1. The molecular formula is C17H12N4O6. The molecule has 0 saturated carbocycles. The van der Waals surface area contributed by atoms with E-state index in [0.717, 1.165) is 18.3 Å². The zero-order valence-electron chi connectivity index (χ0n) is 13.9. The Hall–Kier alpha value is -4.08. The van der Waals surface area contributed by atoms with Crippen molar-refractivity contribution in [3.8, 4) is 5.75 Å². The SMILES string of the molecule is CC(=O)Oc1ccc([N+](=O)[O-])cc1C=Nn1c(=O)[nH]c2ccccc2c1=O. The van der Waals surface area contributed by atoms with Gasteiger partial charge in [0.2, 0.25) is 0 Å². The maximum Gasteiger partial charge on any atom is 0.349 e. The zero-order chi connectivity index (χ0) is 19.6. The molecule has 10 heteroatoms. The van der Waals surface area contributed by atoms with Crippen LogP contribution in [0.2, 0.25) is 0 Å². The van der Waals surface area contributed by atoms with Crippen LogP contribution in [0.3, 0.4) is 0 Å². The van der Waals surface area contributed by atoms with Gasteiger partial charge < -0.3 is 9.72 Å². The van der Waals surface area contributed by atoms with Crippen molar-refractivity contribution in [2.24, 2.45) is 5.10 Å². The molecule has 0 spiro atoms. The summed E-state index contributed by atoms with van der Waals surface area (Å²) in [5.74, 6) is -0.638. The Morgan fingerprint density at radius 3 is 2.70 bits per heavy atom. The van der Waals surface area contributed by atoms with E-state index in [1.165, 1.54) is 19.1 Å². The van der Waals surface area contributed by atoms with Crippen molar-refractivity contribution in [2.75, 3.05) is 0 Å². The minimum absolute atomic E-state index is 0.00196. The number of fused-ring (bicyclic) bond motifs is 1. The Balaban J connectivity index is 2.13. The predicted octanol–water partition coefficient (Wildman–Crippen LogP) is 1.41. The molecule has 1 heterocycles. The van der Waals surface area contributed by atoms with Crippen LogP contribution in [-0.2, 0) is 4.79 Å². The van der Waals surface area contributed by atoms with E-state index in [9.17, 15) is 24.5 Å². The summed E-state index contributed by atoms with van der Waals surface area (Å²) in [7, 11) is 0. The number of aromatic amines is 1. The lowest BCUT2D eigenvalue weighted by Gasteiger charge is -2.05. The maximum absolute atomic E-state index is 12.4. The molecule has 10 nitrogen and oxygen atoms in total. The Morgan fingerprint density at radius 1 is 1.26 bits per heavy atom. The highest BCUT2D eigenvalue weighted by molar-refractivity contribution is 5.86. The predicted molar refractivity (Wildman–Crippen MR) is 96.2 cm³/mol. The molecule has 3 rings (SSSR count). The van der Waals surface area contributed by atoms with Crippen molar-refractivity contribution in [3.05, 3.63) is 79.0 Å². The molecule has 136 valence electrons. The van der Waals surface area contributed by atoms with Gasteiger partial charge in [0.25, 0.3) is 11.2 Å². The van der Waals surface area contributed by atoms with Gasteiger partial charge in [0, 0.05) is 24.6 Å². The lowest BCUT2D eigenvalue weighted by atomic mass is 10.2. The van der Waals surface area contributed by atoms with Gasteiger partial charge in [-0.2, -0.15) is 5.10 Å². The van der Waals surface area contributed by atoms with E-state index in [1.807, 2.05) is 0 Å². The number of H-pyrrole nitrogens is 1. The van der Waals surface area contributed by atoms with E-state index in [2.05, 4.69) is 10.1 Å². The van der Waals surface area contributed by atoms with Crippen molar-refractivity contribution in [1.29, 1.82) is 0 Å². The first kappa shape index (κ1) is 17.7. The molecule has 2 aromatic carbocycles. The number of non-ortho nitro benzene ring substituents is 1. The second-order valence-electron chi connectivity index (χ2n) is 5.41. The first-order valence-electron chi connectivity index (χ1n) is 7.62. The normalized spacial score (nSPS) is 11.0. The number of nitrogens with one attached hydrogen (secondary N) is 1. The van der Waals surface area contributed by atoms with E-state index in [-0.39, 0.29) is 22.4 Å². The van der Waals surface area contributed by atoms with Gasteiger partial charge in [-0.05, 0) is 18.2 Å². The molecule has 1 N–H and O–H groups in total. The number of para-hydroxylation sites is 1. The summed E-state index contributed by atoms with van der Waals surface area (Å²) >= 11 is 0. The Bertz CT molecular complexity index is 1210. The number of hydrogen-bond acceptors (Lipinski definition) is 7. The molecule has 0 aliphatic carbocycles. The summed E-state index contributed by atoms with van der Waals surface area (Å²) in [6.45, 7) is 1.17. The van der Waals surface area contributed by atoms with E-state index in [1.54, 1.807) is 18.2 Å². The number of nitro benzene ring substituents is 1. The van der Waals surface area contributed by atoms with E-state index >= 15 is 0 Å². The highest BCUT2D eigenvalue weighted by Gasteiger charge is 2.13. The summed E-state index contributed by atoms with van der Waals surface area (Å²) in [6.07, 6.45) is 1.04. The monoisotopic (exact) mass is 368 g/mol. The fourth-order valence-corrected chi connectivity index (χ4v) is 2.38. The van der Waals surface area contributed by atoms with Gasteiger partial charge in [-0.1, -0.05) is 12.1 Å². The van der Waals surface area contributed by atoms with Crippen LogP contribution in [0.15, 0.2) is 57.2 Å². The van der Waals surface area contributed by atoms with Crippen LogP contribution in [0.25, 0.3) is 10.9 Å². The average molecular weight is 368 g/mol. The third-order valence-electron chi connectivity index (χ3n) is 3.55. The number of ether oxygens (including phenoxy) is 1. The van der Waals surface area contributed by atoms with Crippen LogP contribution in [-0.4, -0.2) is 26.8 Å². The van der Waals surface area contributed by atoms with E-state index in [4.69, 9.17) is 4.74 Å². The fourth-order valence-electron chi connectivity index (χ4n) is 2.38. The number of nitrogens with zero attached hydrogens (tertiary/aromatic N) is 3. The smallest absolute Gasteiger partial charge is 0.349 e. The van der Waals surface area contributed by atoms with Gasteiger partial charge in [0.1, 0.15) is 5.75 Å². The summed E-state index contributed by atoms with van der Waals surface area (Å²) in [5.41, 5.74) is -1.31. The van der Waals surface area contributed by atoms with Crippen molar-refractivity contribution in [2.45, 2.75) is 6.92 Å². The molecule has 0 saturated heterocycles. The van der Waals surface area contributed by atoms with Gasteiger partial charge in [-0.3, -0.25) is 19.7 Å². The second-order valence-corrected chi connectivity index (χ2v) is 5.41. The van der Waals surface area contributed by atoms with Gasteiger partial charge in [0.15, 0.2) is 0 Å². The molecule has 27 heavy (non-hydrogen) atoms. The molecule has 0 radical (unpaired) electrons. The van der Waals surface area contributed by atoms with Crippen LogP contribution in [0.1, 0.15) is 12.5 Å². The average Bonchev–Trinajstić information content (AvgIpc) is 2.62. The first-order valence-corrected chi connectivity index (χ1v) is 7.62. The number of aromatic nitrogens is 2. The molecule has 0 bridgehead atoms. The number of carbonyl (C=O) groups is 1. The Morgan fingerprint density at radius 2 is 2.00 bits per heavy atom. The van der Waals surface area contributed by atoms with Crippen molar-refractivity contribution < 1.29 is 14.5 Å². The third-order valence-corrected chi connectivity index (χ3v) is 3.55. The lowest BCUT2D eigenvalue weighted by Crippen LogP contribution is -2.32. The van der Waals surface area contributed by atoms with Crippen LogP contribution >= 0.6 is 0 Å². The van der Waals surface area contributed by atoms with Gasteiger partial charge in [-0.25, -0.2) is 4.79 Å². The molecular weight excluding hydrogens is 356 g/mol. The van der Waals surface area contributed by atoms with Crippen LogP contribution in [0.4, 0.5) is 5.69 Å². The maximum atomic E-state index is 12.4. The highest BCUT2D eigenvalue weighted by atomic mass is 16.6. The third kappa shape index (κ3) is 3.63. The van der Waals surface area contributed by atoms with Gasteiger partial charge in [-0.15, -0.1) is 4.68 Å². The molecule has 0 amide bonds. The van der Waals surface area contributed by atoms with Gasteiger partial charge in [0.05, 0.1) is 22.0 Å². The van der Waals surface area contributed by atoms with Crippen LogP contribution < -0.4 is 16.0 Å². The van der Waals surface area contributed by atoms with Crippen molar-refractivity contribution in [3.63, 3.8) is 0 Å². The molecule has 0 unspecified atom stereocenters. The zero-order valence-corrected chi connectivity index (χ0v) is 13.9. The van der Waals surface area contributed by atoms with E-state index < -0.39 is 22.1 Å². The second kappa shape index (κ2) is 7.04. The number of carbonyl (C=O) groups excluding carboxylic acids is 1. The number of esters is 1. The molecule has 0 aliphatic heterocycles. The van der Waals surface area contributed by atoms with E-state index in [0.29, 0.717) is 10.2 Å². The number of benzene rings is 2. The van der Waals surface area contributed by atoms with Gasteiger partial charge >= 0.3 is 11.7 Å². The minimum Gasteiger partial charge on any atom is -0.426 e. The first-order chi connectivity index (χ1) is 12.9. The molecule has 0 fully saturated rings.